The van der Waals surface area contributed by atoms with Gasteiger partial charge < -0.3 is 0 Å². The second-order valence-corrected chi connectivity index (χ2v) is 3.58. The first-order valence-electron chi connectivity index (χ1n) is 4.57. The van der Waals surface area contributed by atoms with Crippen LogP contribution in [0, 0.1) is 12.8 Å². The van der Waals surface area contributed by atoms with E-state index in [1.165, 1.54) is 12.8 Å². The molecule has 4 heteroatoms. The second-order valence-electron chi connectivity index (χ2n) is 3.58. The molecule has 0 amide bonds. The van der Waals surface area contributed by atoms with Crippen LogP contribution in [0.25, 0.3) is 0 Å². The highest BCUT2D eigenvalue weighted by atomic mass is 15.3. The highest BCUT2D eigenvalue weighted by Gasteiger charge is 2.32. The molecule has 1 heterocycles. The molecule has 70 valence electrons. The lowest BCUT2D eigenvalue weighted by molar-refractivity contribution is 0.479. The molecule has 1 atom stereocenters. The van der Waals surface area contributed by atoms with Crippen molar-refractivity contribution in [1.82, 2.24) is 15.6 Å². The largest absolute Gasteiger partial charge is 0.271 e. The zero-order valence-corrected chi connectivity index (χ0v) is 7.70. The monoisotopic (exact) mass is 178 g/mol. The number of nitrogens with zero attached hydrogens (tertiary/aromatic N) is 2. The maximum atomic E-state index is 5.47. The van der Waals surface area contributed by atoms with E-state index in [0.717, 1.165) is 11.4 Å². The van der Waals surface area contributed by atoms with E-state index in [0.29, 0.717) is 5.92 Å². The summed E-state index contributed by atoms with van der Waals surface area (Å²) in [6.07, 6.45) is 2.48. The van der Waals surface area contributed by atoms with E-state index in [2.05, 4.69) is 15.6 Å². The third kappa shape index (κ3) is 1.84. The van der Waals surface area contributed by atoms with Gasteiger partial charge in [-0.3, -0.25) is 11.3 Å². The summed E-state index contributed by atoms with van der Waals surface area (Å²) >= 11 is 0. The zero-order valence-electron chi connectivity index (χ0n) is 7.70. The third-order valence-corrected chi connectivity index (χ3v) is 2.41. The smallest absolute Gasteiger partial charge is 0.0817 e. The molecule has 1 saturated carbocycles. The average Bonchev–Trinajstić information content (AvgIpc) is 2.93. The van der Waals surface area contributed by atoms with Crippen molar-refractivity contribution < 1.29 is 0 Å². The lowest BCUT2D eigenvalue weighted by Gasteiger charge is -2.13. The predicted octanol–water partition coefficient (Wildman–Crippen LogP) is 0.699. The van der Waals surface area contributed by atoms with Crippen molar-refractivity contribution in [2.75, 3.05) is 0 Å². The number of rotatable bonds is 3. The van der Waals surface area contributed by atoms with E-state index in [4.69, 9.17) is 5.84 Å². The van der Waals surface area contributed by atoms with E-state index in [1.54, 1.807) is 0 Å². The molecule has 2 rings (SSSR count). The Morgan fingerprint density at radius 2 is 2.23 bits per heavy atom. The molecule has 4 nitrogen and oxygen atoms in total. The molecule has 0 spiro atoms. The summed E-state index contributed by atoms with van der Waals surface area (Å²) in [6, 6.07) is 4.15. The first-order valence-corrected chi connectivity index (χ1v) is 4.57. The minimum Gasteiger partial charge on any atom is -0.271 e. The van der Waals surface area contributed by atoms with Crippen LogP contribution in [0.2, 0.25) is 0 Å². The summed E-state index contributed by atoms with van der Waals surface area (Å²) in [4.78, 5) is 0. The summed E-state index contributed by atoms with van der Waals surface area (Å²) in [5, 5.41) is 8.13. The van der Waals surface area contributed by atoms with Gasteiger partial charge in [-0.1, -0.05) is 0 Å². The Balaban J connectivity index is 2.17. The molecule has 1 fully saturated rings. The first-order chi connectivity index (χ1) is 6.31. The van der Waals surface area contributed by atoms with Crippen molar-refractivity contribution in [2.24, 2.45) is 11.8 Å². The van der Waals surface area contributed by atoms with Crippen molar-refractivity contribution in [3.63, 3.8) is 0 Å². The molecular formula is C9H14N4. The number of hydrogen-bond donors (Lipinski definition) is 2. The van der Waals surface area contributed by atoms with Gasteiger partial charge in [0.15, 0.2) is 0 Å². The van der Waals surface area contributed by atoms with Crippen LogP contribution in [-0.4, -0.2) is 10.2 Å². The molecular weight excluding hydrogens is 164 g/mol. The van der Waals surface area contributed by atoms with Crippen LogP contribution in [-0.2, 0) is 0 Å². The number of aromatic nitrogens is 2. The molecule has 1 aliphatic rings. The Morgan fingerprint density at radius 3 is 2.69 bits per heavy atom. The lowest BCUT2D eigenvalue weighted by atomic mass is 10.1. The van der Waals surface area contributed by atoms with Crippen LogP contribution < -0.4 is 11.3 Å². The van der Waals surface area contributed by atoms with Crippen LogP contribution in [0.4, 0.5) is 0 Å². The average molecular weight is 178 g/mol. The van der Waals surface area contributed by atoms with Gasteiger partial charge in [-0.25, -0.2) is 0 Å². The van der Waals surface area contributed by atoms with E-state index in [1.807, 2.05) is 19.1 Å². The summed E-state index contributed by atoms with van der Waals surface area (Å²) < 4.78 is 0. The van der Waals surface area contributed by atoms with E-state index < -0.39 is 0 Å². The quantitative estimate of drug-likeness (QED) is 0.528. The fourth-order valence-electron chi connectivity index (χ4n) is 1.47. The third-order valence-electron chi connectivity index (χ3n) is 2.41. The summed E-state index contributed by atoms with van der Waals surface area (Å²) in [5.74, 6) is 6.12. The van der Waals surface area contributed by atoms with Gasteiger partial charge >= 0.3 is 0 Å². The van der Waals surface area contributed by atoms with Crippen molar-refractivity contribution in [1.29, 1.82) is 0 Å². The standard InChI is InChI=1S/C9H14N4/c1-6-2-5-8(13-12-6)9(11-10)7-3-4-7/h2,5,7,9,11H,3-4,10H2,1H3. The van der Waals surface area contributed by atoms with Crippen molar-refractivity contribution in [2.45, 2.75) is 25.8 Å². The summed E-state index contributed by atoms with van der Waals surface area (Å²) in [6.45, 7) is 1.93. The minimum atomic E-state index is 0.188. The maximum Gasteiger partial charge on any atom is 0.0817 e. The van der Waals surface area contributed by atoms with E-state index in [-0.39, 0.29) is 6.04 Å². The predicted molar refractivity (Wildman–Crippen MR) is 49.6 cm³/mol. The Bertz CT molecular complexity index is 278. The number of aryl methyl sites for hydroxylation is 1. The molecule has 1 aromatic heterocycles. The molecule has 0 saturated heterocycles. The Hall–Kier alpha value is -1.00. The van der Waals surface area contributed by atoms with Gasteiger partial charge in [0.25, 0.3) is 0 Å². The molecule has 1 aliphatic carbocycles. The molecule has 0 aromatic carbocycles. The van der Waals surface area contributed by atoms with E-state index in [9.17, 15) is 0 Å². The normalized spacial score (nSPS) is 18.6. The van der Waals surface area contributed by atoms with Crippen LogP contribution in [0.15, 0.2) is 12.1 Å². The van der Waals surface area contributed by atoms with Gasteiger partial charge in [0, 0.05) is 0 Å². The molecule has 0 radical (unpaired) electrons. The fraction of sp³-hybridized carbons (Fsp3) is 0.556. The highest BCUT2D eigenvalue weighted by molar-refractivity contribution is 5.12. The Morgan fingerprint density at radius 1 is 1.46 bits per heavy atom. The number of hydrazine groups is 1. The second kappa shape index (κ2) is 3.40. The van der Waals surface area contributed by atoms with Gasteiger partial charge in [-0.2, -0.15) is 10.2 Å². The van der Waals surface area contributed by atoms with Crippen molar-refractivity contribution in [3.05, 3.63) is 23.5 Å². The number of hydrogen-bond acceptors (Lipinski definition) is 4. The fourth-order valence-corrected chi connectivity index (χ4v) is 1.47. The van der Waals surface area contributed by atoms with E-state index >= 15 is 0 Å². The molecule has 0 aliphatic heterocycles. The van der Waals surface area contributed by atoms with Crippen LogP contribution in [0.1, 0.15) is 30.3 Å². The topological polar surface area (TPSA) is 63.8 Å². The maximum absolute atomic E-state index is 5.47. The molecule has 13 heavy (non-hydrogen) atoms. The molecule has 1 unspecified atom stereocenters. The summed E-state index contributed by atoms with van der Waals surface area (Å²) in [5.41, 5.74) is 4.69. The Kier molecular flexibility index (Phi) is 2.24. The van der Waals surface area contributed by atoms with Crippen LogP contribution >= 0.6 is 0 Å². The highest BCUT2D eigenvalue weighted by Crippen LogP contribution is 2.39. The SMILES string of the molecule is Cc1ccc(C(NN)C2CC2)nn1. The first kappa shape index (κ1) is 8.59. The lowest BCUT2D eigenvalue weighted by Crippen LogP contribution is -2.30. The van der Waals surface area contributed by atoms with Crippen molar-refractivity contribution >= 4 is 0 Å². The summed E-state index contributed by atoms with van der Waals surface area (Å²) in [7, 11) is 0. The molecule has 3 N–H and O–H groups in total. The van der Waals surface area contributed by atoms with Gasteiger partial charge in [0.1, 0.15) is 0 Å². The van der Waals surface area contributed by atoms with Crippen LogP contribution in [0.5, 0.6) is 0 Å². The number of nitrogens with two attached hydrogens (primary N) is 1. The van der Waals surface area contributed by atoms with Gasteiger partial charge in [-0.05, 0) is 37.8 Å². The molecule has 1 aromatic rings. The van der Waals surface area contributed by atoms with Crippen LogP contribution in [0.3, 0.4) is 0 Å². The van der Waals surface area contributed by atoms with Gasteiger partial charge in [-0.15, -0.1) is 0 Å². The number of nitrogens with one attached hydrogen (secondary N) is 1. The minimum absolute atomic E-state index is 0.188. The molecule has 0 bridgehead atoms. The van der Waals surface area contributed by atoms with Gasteiger partial charge in [0.2, 0.25) is 0 Å². The zero-order chi connectivity index (χ0) is 9.26. The Labute approximate surface area is 77.5 Å². The van der Waals surface area contributed by atoms with Crippen molar-refractivity contribution in [3.8, 4) is 0 Å². The van der Waals surface area contributed by atoms with Gasteiger partial charge in [0.05, 0.1) is 17.4 Å².